The summed E-state index contributed by atoms with van der Waals surface area (Å²) in [7, 11) is 2.93. The van der Waals surface area contributed by atoms with E-state index >= 15 is 0 Å². The van der Waals surface area contributed by atoms with Crippen molar-refractivity contribution in [1.29, 1.82) is 0 Å². The second-order valence-corrected chi connectivity index (χ2v) is 7.54. The molecule has 0 radical (unpaired) electrons. The Morgan fingerprint density at radius 1 is 1.24 bits per heavy atom. The van der Waals surface area contributed by atoms with Gasteiger partial charge in [-0.1, -0.05) is 12.1 Å². The molecule has 3 aromatic rings. The lowest BCUT2D eigenvalue weighted by atomic mass is 9.93. The number of rotatable bonds is 5. The molecule has 1 aliphatic heterocycles. The number of anilines is 1. The predicted molar refractivity (Wildman–Crippen MR) is 108 cm³/mol. The van der Waals surface area contributed by atoms with E-state index in [9.17, 15) is 27.6 Å². The van der Waals surface area contributed by atoms with Crippen molar-refractivity contribution in [2.45, 2.75) is 24.9 Å². The van der Waals surface area contributed by atoms with E-state index in [0.29, 0.717) is 28.8 Å². The van der Waals surface area contributed by atoms with E-state index < -0.39 is 36.2 Å². The zero-order valence-electron chi connectivity index (χ0n) is 17.6. The Labute approximate surface area is 184 Å². The van der Waals surface area contributed by atoms with Crippen LogP contribution >= 0.6 is 0 Å². The van der Waals surface area contributed by atoms with Gasteiger partial charge in [0, 0.05) is 32.0 Å². The summed E-state index contributed by atoms with van der Waals surface area (Å²) in [4.78, 5) is 36.0. The summed E-state index contributed by atoms with van der Waals surface area (Å²) >= 11 is 0. The van der Waals surface area contributed by atoms with Crippen LogP contribution in [0.25, 0.3) is 10.9 Å². The molecule has 0 saturated carbocycles. The fourth-order valence-corrected chi connectivity index (χ4v) is 3.70. The molecule has 3 amide bonds. The summed E-state index contributed by atoms with van der Waals surface area (Å²) < 4.78 is 46.4. The van der Waals surface area contributed by atoms with Crippen LogP contribution < -0.4 is 15.4 Å². The van der Waals surface area contributed by atoms with Crippen molar-refractivity contribution in [1.82, 2.24) is 24.9 Å². The van der Waals surface area contributed by atoms with Crippen LogP contribution in [0.2, 0.25) is 0 Å². The largest absolute Gasteiger partial charge is 0.481 e. The second kappa shape index (κ2) is 8.22. The first-order chi connectivity index (χ1) is 15.5. The molecule has 1 fully saturated rings. The van der Waals surface area contributed by atoms with Gasteiger partial charge in [0.2, 0.25) is 11.8 Å². The number of fused-ring (bicyclic) bond motifs is 1. The lowest BCUT2D eigenvalue weighted by Crippen LogP contribution is -2.39. The van der Waals surface area contributed by atoms with E-state index in [-0.39, 0.29) is 18.1 Å². The Kier molecular flexibility index (Phi) is 5.56. The molecule has 13 heteroatoms. The van der Waals surface area contributed by atoms with Gasteiger partial charge in [-0.3, -0.25) is 29.1 Å². The maximum absolute atomic E-state index is 12.8. The van der Waals surface area contributed by atoms with Gasteiger partial charge >= 0.3 is 6.18 Å². The van der Waals surface area contributed by atoms with Crippen LogP contribution in [-0.2, 0) is 34.7 Å². The number of hydrogen-bond acceptors (Lipinski definition) is 6. The maximum atomic E-state index is 12.8. The highest BCUT2D eigenvalue weighted by Gasteiger charge is 2.35. The lowest BCUT2D eigenvalue weighted by Gasteiger charge is -2.19. The molecule has 2 N–H and O–H groups in total. The minimum atomic E-state index is -4.63. The number of benzene rings is 1. The molecule has 1 unspecified atom stereocenters. The maximum Gasteiger partial charge on any atom is 0.435 e. The molecule has 1 aliphatic rings. The van der Waals surface area contributed by atoms with Crippen molar-refractivity contribution in [3.05, 3.63) is 35.7 Å². The number of carbonyl (C=O) groups is 3. The van der Waals surface area contributed by atoms with Gasteiger partial charge in [-0.2, -0.15) is 23.4 Å². The summed E-state index contributed by atoms with van der Waals surface area (Å²) in [5.74, 6) is -1.87. The number of ether oxygens (including phenoxy) is 1. The number of hydrogen-bond donors (Lipinski definition) is 2. The molecule has 2 aromatic heterocycles. The van der Waals surface area contributed by atoms with Crippen LogP contribution in [0, 0.1) is 0 Å². The number of nitrogens with one attached hydrogen (secondary N) is 2. The van der Waals surface area contributed by atoms with Crippen LogP contribution in [-0.4, -0.2) is 43.9 Å². The van der Waals surface area contributed by atoms with Crippen LogP contribution in [0.5, 0.6) is 5.75 Å². The SMILES string of the molecule is Cn1nc(C(F)(F)F)cc1NC(=O)COc1cccc2c(C3CCC(=O)NC3=O)nn(C)c12. The predicted octanol–water partition coefficient (Wildman–Crippen LogP) is 1.86. The quantitative estimate of drug-likeness (QED) is 0.557. The highest BCUT2D eigenvalue weighted by molar-refractivity contribution is 6.03. The number of imide groups is 1. The van der Waals surface area contributed by atoms with Crippen LogP contribution in [0.3, 0.4) is 0 Å². The summed E-state index contributed by atoms with van der Waals surface area (Å²) in [6.45, 7) is -0.482. The molecule has 0 spiro atoms. The fourth-order valence-electron chi connectivity index (χ4n) is 3.70. The minimum Gasteiger partial charge on any atom is -0.481 e. The molecular formula is C20H19F3N6O4. The van der Waals surface area contributed by atoms with Gasteiger partial charge in [0.05, 0.1) is 11.6 Å². The number of carbonyl (C=O) groups excluding carboxylic acids is 3. The smallest absolute Gasteiger partial charge is 0.435 e. The first kappa shape index (κ1) is 22.3. The normalized spacial score (nSPS) is 16.7. The van der Waals surface area contributed by atoms with Crippen LogP contribution in [0.15, 0.2) is 24.3 Å². The summed E-state index contributed by atoms with van der Waals surface area (Å²) in [6, 6.07) is 5.76. The lowest BCUT2D eigenvalue weighted by molar-refractivity contribution is -0.141. The Morgan fingerprint density at radius 3 is 2.67 bits per heavy atom. The third-order valence-electron chi connectivity index (χ3n) is 5.22. The fraction of sp³-hybridized carbons (Fsp3) is 0.350. The molecule has 33 heavy (non-hydrogen) atoms. The molecular weight excluding hydrogens is 445 g/mol. The number of para-hydroxylation sites is 1. The number of aryl methyl sites for hydroxylation is 2. The monoisotopic (exact) mass is 464 g/mol. The van der Waals surface area contributed by atoms with Gasteiger partial charge in [-0.05, 0) is 12.5 Å². The Balaban J connectivity index is 1.51. The Hall–Kier alpha value is -3.90. The van der Waals surface area contributed by atoms with Crippen molar-refractivity contribution in [3.63, 3.8) is 0 Å². The van der Waals surface area contributed by atoms with Gasteiger partial charge in [0.15, 0.2) is 12.3 Å². The van der Waals surface area contributed by atoms with E-state index in [2.05, 4.69) is 20.8 Å². The molecule has 1 atom stereocenters. The number of piperidine rings is 1. The first-order valence-corrected chi connectivity index (χ1v) is 9.88. The van der Waals surface area contributed by atoms with E-state index in [4.69, 9.17) is 4.74 Å². The highest BCUT2D eigenvalue weighted by atomic mass is 19.4. The molecule has 4 rings (SSSR count). The molecule has 1 aromatic carbocycles. The summed E-state index contributed by atoms with van der Waals surface area (Å²) in [6.07, 6.45) is -4.10. The van der Waals surface area contributed by atoms with Crippen LogP contribution in [0.1, 0.15) is 30.1 Å². The zero-order chi connectivity index (χ0) is 23.9. The minimum absolute atomic E-state index is 0.130. The van der Waals surface area contributed by atoms with Crippen molar-refractivity contribution >= 4 is 34.4 Å². The van der Waals surface area contributed by atoms with Gasteiger partial charge in [-0.15, -0.1) is 0 Å². The van der Waals surface area contributed by atoms with E-state index in [1.54, 1.807) is 25.2 Å². The zero-order valence-corrected chi connectivity index (χ0v) is 17.6. The molecule has 10 nitrogen and oxygen atoms in total. The van der Waals surface area contributed by atoms with Gasteiger partial charge in [-0.25, -0.2) is 0 Å². The second-order valence-electron chi connectivity index (χ2n) is 7.54. The standard InChI is InChI=1S/C20H19F3N6O4/c1-28-14(8-13(26-28)20(21,22)23)24-16(31)9-33-12-5-3-4-10-17(27-29(2)18(10)12)11-6-7-15(30)25-19(11)32/h3-5,8,11H,6-7,9H2,1-2H3,(H,24,31)(H,25,30,32). The van der Waals surface area contributed by atoms with Crippen LogP contribution in [0.4, 0.5) is 19.0 Å². The number of amides is 3. The van der Waals surface area contributed by atoms with Gasteiger partial charge in [0.1, 0.15) is 17.1 Å². The number of aromatic nitrogens is 4. The average molecular weight is 464 g/mol. The number of nitrogens with zero attached hydrogens (tertiary/aromatic N) is 4. The Morgan fingerprint density at radius 2 is 2.00 bits per heavy atom. The van der Waals surface area contributed by atoms with Gasteiger partial charge in [0.25, 0.3) is 5.91 Å². The molecule has 0 aliphatic carbocycles. The third-order valence-corrected chi connectivity index (χ3v) is 5.22. The molecule has 3 heterocycles. The summed E-state index contributed by atoms with van der Waals surface area (Å²) in [5.41, 5.74) is -0.103. The van der Waals surface area contributed by atoms with E-state index in [1.165, 1.54) is 11.7 Å². The van der Waals surface area contributed by atoms with Crippen molar-refractivity contribution in [2.24, 2.45) is 14.1 Å². The number of halogens is 3. The molecule has 174 valence electrons. The topological polar surface area (TPSA) is 120 Å². The highest BCUT2D eigenvalue weighted by Crippen LogP contribution is 2.34. The van der Waals surface area contributed by atoms with E-state index in [0.717, 1.165) is 10.7 Å². The summed E-state index contributed by atoms with van der Waals surface area (Å²) in [5, 5.41) is 13.0. The van der Waals surface area contributed by atoms with Crippen molar-refractivity contribution in [3.8, 4) is 5.75 Å². The molecule has 1 saturated heterocycles. The average Bonchev–Trinajstić information content (AvgIpc) is 3.27. The van der Waals surface area contributed by atoms with Crippen molar-refractivity contribution in [2.75, 3.05) is 11.9 Å². The molecule has 0 bridgehead atoms. The van der Waals surface area contributed by atoms with Crippen molar-refractivity contribution < 1.29 is 32.3 Å². The van der Waals surface area contributed by atoms with Gasteiger partial charge < -0.3 is 10.1 Å². The third kappa shape index (κ3) is 4.38. The number of alkyl halides is 3. The Bertz CT molecular complexity index is 1260. The van der Waals surface area contributed by atoms with E-state index in [1.807, 2.05) is 0 Å². The first-order valence-electron chi connectivity index (χ1n) is 9.88.